The van der Waals surface area contributed by atoms with E-state index < -0.39 is 0 Å². The van der Waals surface area contributed by atoms with Crippen LogP contribution >= 0.6 is 0 Å². The van der Waals surface area contributed by atoms with Gasteiger partial charge in [0.05, 0.1) is 0 Å². The molecule has 0 fully saturated rings. The average Bonchev–Trinajstić information content (AvgIpc) is 0.768. The van der Waals surface area contributed by atoms with Crippen LogP contribution in [0.1, 0.15) is 199 Å². The van der Waals surface area contributed by atoms with Gasteiger partial charge in [-0.05, 0) is 98.5 Å². The minimum absolute atomic E-state index is 0.222. The van der Waals surface area contributed by atoms with Crippen LogP contribution in [0.25, 0.3) is 0 Å². The molecule has 4 aromatic carbocycles. The van der Waals surface area contributed by atoms with Crippen molar-refractivity contribution >= 4 is 0 Å². The van der Waals surface area contributed by atoms with E-state index in [1.54, 1.807) is 49.6 Å². The van der Waals surface area contributed by atoms with Crippen LogP contribution < -0.4 is 56.8 Å². The van der Waals surface area contributed by atoms with Crippen molar-refractivity contribution in [3.8, 4) is 92.0 Å². The van der Waals surface area contributed by atoms with Crippen LogP contribution in [0.15, 0.2) is 122 Å². The Balaban J connectivity index is 1.21. The van der Waals surface area contributed by atoms with E-state index in [4.69, 9.17) is 56.8 Å². The highest BCUT2D eigenvalue weighted by Crippen LogP contribution is 2.63. The lowest BCUT2D eigenvalue weighted by atomic mass is 9.75. The van der Waals surface area contributed by atoms with Crippen molar-refractivity contribution in [1.82, 2.24) is 19.9 Å². The molecule has 0 atom stereocenters. The van der Waals surface area contributed by atoms with Crippen molar-refractivity contribution < 1.29 is 56.8 Å². The second-order valence-electron chi connectivity index (χ2n) is 23.1. The monoisotopic (exact) mass is 1190 g/mol. The Bertz CT molecular complexity index is 3100. The molecule has 0 amide bonds. The van der Waals surface area contributed by atoms with Gasteiger partial charge in [-0.2, -0.15) is 0 Å². The Labute approximate surface area is 514 Å². The maximum absolute atomic E-state index is 7.21. The third kappa shape index (κ3) is 11.7. The Hall–Kier alpha value is -8.92. The minimum Gasteiger partial charge on any atom is -0.453 e. The molecule has 4 aromatic heterocycles. The Kier molecular flexibility index (Phi) is 17.8. The first kappa shape index (κ1) is 58.1. The largest absolute Gasteiger partial charge is 0.453 e. The van der Waals surface area contributed by atoms with Crippen molar-refractivity contribution in [3.63, 3.8) is 0 Å². The van der Waals surface area contributed by atoms with Crippen molar-refractivity contribution in [2.24, 2.45) is 0 Å². The number of hydrogen-bond acceptors (Lipinski definition) is 16. The van der Waals surface area contributed by atoms with E-state index in [1.807, 2.05) is 48.5 Å². The molecule has 13 rings (SSSR count). The number of rotatable bonds is 24. The van der Waals surface area contributed by atoms with Gasteiger partial charge < -0.3 is 56.8 Å². The summed E-state index contributed by atoms with van der Waals surface area (Å²) in [6.07, 6.45) is 28.2. The van der Waals surface area contributed by atoms with Gasteiger partial charge in [-0.1, -0.05) is 105 Å². The van der Waals surface area contributed by atoms with Crippen molar-refractivity contribution in [3.05, 3.63) is 167 Å². The van der Waals surface area contributed by atoms with E-state index in [-0.39, 0.29) is 50.8 Å². The summed E-state index contributed by atoms with van der Waals surface area (Å²) in [5.41, 5.74) is 7.39. The molecule has 8 heterocycles. The van der Waals surface area contributed by atoms with Crippen molar-refractivity contribution in [2.75, 3.05) is 27.2 Å². The van der Waals surface area contributed by atoms with E-state index in [0.29, 0.717) is 118 Å². The van der Waals surface area contributed by atoms with E-state index in [0.717, 1.165) is 122 Å². The molecule has 1 aliphatic carbocycles. The average molecular weight is 1190 g/mol. The van der Waals surface area contributed by atoms with Gasteiger partial charge in [0.25, 0.3) is 0 Å². The highest BCUT2D eigenvalue weighted by molar-refractivity contribution is 5.74. The maximum atomic E-state index is 7.21. The second-order valence-corrected chi connectivity index (χ2v) is 23.1. The minimum atomic E-state index is -0.364. The number of hydrogen-bond donors (Lipinski definition) is 0. The molecule has 0 N–H and O–H groups in total. The van der Waals surface area contributed by atoms with Crippen LogP contribution in [-0.4, -0.2) is 47.1 Å². The zero-order chi connectivity index (χ0) is 59.8. The van der Waals surface area contributed by atoms with E-state index in [9.17, 15) is 0 Å². The molecule has 8 aromatic rings. The zero-order valence-corrected chi connectivity index (χ0v) is 50.7. The normalized spacial score (nSPS) is 17.2. The topological polar surface area (TPSA) is 162 Å². The first-order chi connectivity index (χ1) is 43.5. The third-order valence-electron chi connectivity index (χ3n) is 17.5. The zero-order valence-electron chi connectivity index (χ0n) is 50.7. The summed E-state index contributed by atoms with van der Waals surface area (Å²) in [4.78, 5) is 17.5. The summed E-state index contributed by atoms with van der Waals surface area (Å²) in [7, 11) is 0. The number of aromatic nitrogens is 4. The van der Waals surface area contributed by atoms with Gasteiger partial charge in [-0.3, -0.25) is 19.9 Å². The molecule has 0 saturated heterocycles. The summed E-state index contributed by atoms with van der Waals surface area (Å²) in [5, 5.41) is 0. The van der Waals surface area contributed by atoms with Gasteiger partial charge in [0.15, 0.2) is 46.0 Å². The SMILES string of the molecule is CCCCCC1c2cc3c4c(Oc5ccncc5)c2OCOc2c1cc1c(c2Oc2ccncc2)OCOc2c(cc5c(c2Oc2ccncc2)OCOc2c(cc(c(c2Oc2ccncc2)OCO4)C3CCCCC)C5CCCCC)C1CCCCC. The van der Waals surface area contributed by atoms with Gasteiger partial charge in [0.1, 0.15) is 23.0 Å². The third-order valence-corrected chi connectivity index (χ3v) is 17.5. The molecule has 5 aliphatic rings. The molecule has 0 saturated carbocycles. The van der Waals surface area contributed by atoms with E-state index in [2.05, 4.69) is 71.9 Å². The predicted molar refractivity (Wildman–Crippen MR) is 331 cm³/mol. The predicted octanol–water partition coefficient (Wildman–Crippen LogP) is 18.5. The fourth-order valence-corrected chi connectivity index (χ4v) is 13.3. The van der Waals surface area contributed by atoms with Gasteiger partial charge in [0.2, 0.25) is 50.2 Å². The fraction of sp³-hybridized carbons (Fsp3) is 0.389. The molecule has 88 heavy (non-hydrogen) atoms. The lowest BCUT2D eigenvalue weighted by Crippen LogP contribution is -2.24. The van der Waals surface area contributed by atoms with Crippen LogP contribution in [0.5, 0.6) is 92.0 Å². The molecule has 16 nitrogen and oxygen atoms in total. The van der Waals surface area contributed by atoms with E-state index >= 15 is 0 Å². The number of unbranched alkanes of at least 4 members (excludes halogenated alkanes) is 8. The van der Waals surface area contributed by atoms with Crippen molar-refractivity contribution in [1.29, 1.82) is 0 Å². The quantitative estimate of drug-likeness (QED) is 0.0525. The number of pyridine rings is 4. The molecular formula is C72H76N4O12. The first-order valence-corrected chi connectivity index (χ1v) is 31.7. The summed E-state index contributed by atoms with van der Waals surface area (Å²) in [6, 6.07) is 24.1. The highest BCUT2D eigenvalue weighted by Gasteiger charge is 2.43. The summed E-state index contributed by atoms with van der Waals surface area (Å²) >= 11 is 0. The van der Waals surface area contributed by atoms with Crippen LogP contribution in [0.2, 0.25) is 0 Å². The number of benzene rings is 4. The second kappa shape index (κ2) is 27.0. The Morgan fingerprint density at radius 3 is 0.636 bits per heavy atom. The highest BCUT2D eigenvalue weighted by atomic mass is 16.7. The van der Waals surface area contributed by atoms with Crippen LogP contribution in [0.4, 0.5) is 0 Å². The maximum Gasteiger partial charge on any atom is 0.231 e. The van der Waals surface area contributed by atoms with Gasteiger partial charge in [0, 0.05) is 118 Å². The fourth-order valence-electron chi connectivity index (χ4n) is 13.3. The summed E-state index contributed by atoms with van der Waals surface area (Å²) in [5.74, 6) is 6.52. The van der Waals surface area contributed by atoms with Gasteiger partial charge in [-0.15, -0.1) is 0 Å². The number of ether oxygens (including phenoxy) is 12. The molecule has 0 radical (unpaired) electrons. The summed E-state index contributed by atoms with van der Waals surface area (Å²) in [6.45, 7) is 8.06. The molecule has 8 bridgehead atoms. The number of nitrogens with zero attached hydrogens (tertiary/aromatic N) is 4. The molecule has 0 unspecified atom stereocenters. The molecule has 16 heteroatoms. The smallest absolute Gasteiger partial charge is 0.231 e. The van der Waals surface area contributed by atoms with Crippen molar-refractivity contribution in [2.45, 2.75) is 154 Å². The van der Waals surface area contributed by atoms with Gasteiger partial charge in [-0.25, -0.2) is 0 Å². The lowest BCUT2D eigenvalue weighted by Gasteiger charge is -2.37. The first-order valence-electron chi connectivity index (χ1n) is 31.7. The lowest BCUT2D eigenvalue weighted by molar-refractivity contribution is 0.0883. The molecular weight excluding hydrogens is 1110 g/mol. The van der Waals surface area contributed by atoms with Crippen LogP contribution in [0, 0.1) is 0 Å². The standard InChI is InChI=1S/C72H76N4O12/c1-5-9-13-17-49-53-37-55-50(18-14-10-6-2)57-39-59-52(20-16-12-8-4)60-40-58-51(19-15-11-7-3)56-38-54(49)62-70(86-46-23-31-74-32-24-46)64(56)80-43-82-66(58)72(88-48-27-35-76-36-28-48)68(60)84-44-83-67(59)71(87-47-25-33-75-34-26-47)65(57)81-42-79-63(55)69(61(53)77-41-78-62)85-45-21-29-73-30-22-45/h21-40,49-52H,5-20,41-44H2,1-4H3. The molecule has 456 valence electrons. The summed E-state index contributed by atoms with van der Waals surface area (Å²) < 4.78 is 85.6. The molecule has 0 spiro atoms. The van der Waals surface area contributed by atoms with Gasteiger partial charge >= 0.3 is 0 Å². The van der Waals surface area contributed by atoms with E-state index in [1.165, 1.54) is 0 Å². The Morgan fingerprint density at radius 1 is 0.284 bits per heavy atom. The van der Waals surface area contributed by atoms with Crippen LogP contribution in [-0.2, 0) is 0 Å². The molecule has 4 aliphatic heterocycles. The van der Waals surface area contributed by atoms with Crippen LogP contribution in [0.3, 0.4) is 0 Å². The Morgan fingerprint density at radius 2 is 0.466 bits per heavy atom.